The highest BCUT2D eigenvalue weighted by Crippen LogP contribution is 2.22. The van der Waals surface area contributed by atoms with E-state index < -0.39 is 12.0 Å². The van der Waals surface area contributed by atoms with Crippen LogP contribution in [0.2, 0.25) is 0 Å². The first-order valence-corrected chi connectivity index (χ1v) is 5.69. The standard InChI is InChI=1S/C13H16N2O3/c1-8-10(7-11(14)13(16)18-17-2)9-5-3-4-6-12(9)15-8/h3-6,11,15H,7,14H2,1-2H3/t11-/m0/s1. The van der Waals surface area contributed by atoms with Crippen molar-refractivity contribution in [2.45, 2.75) is 19.4 Å². The van der Waals surface area contributed by atoms with Crippen molar-refractivity contribution >= 4 is 16.9 Å². The minimum Gasteiger partial charge on any atom is -0.358 e. The predicted octanol–water partition coefficient (Wildman–Crippen LogP) is 1.45. The number of fused-ring (bicyclic) bond motifs is 1. The minimum atomic E-state index is -0.733. The van der Waals surface area contributed by atoms with E-state index in [1.165, 1.54) is 7.11 Å². The Morgan fingerprint density at radius 3 is 2.89 bits per heavy atom. The molecule has 0 fully saturated rings. The lowest BCUT2D eigenvalue weighted by molar-refractivity contribution is -0.256. The summed E-state index contributed by atoms with van der Waals surface area (Å²) in [5.41, 5.74) is 8.87. The van der Waals surface area contributed by atoms with Crippen molar-refractivity contribution in [2.24, 2.45) is 5.73 Å². The SMILES string of the molecule is COOC(=O)[C@@H](N)Cc1c(C)[nH]c2ccccc12. The molecule has 1 aromatic carbocycles. The van der Waals surface area contributed by atoms with Gasteiger partial charge in [0.25, 0.3) is 0 Å². The first-order chi connectivity index (χ1) is 8.63. The van der Waals surface area contributed by atoms with Gasteiger partial charge in [-0.3, -0.25) is 4.89 Å². The molecule has 0 aliphatic rings. The first-order valence-electron chi connectivity index (χ1n) is 5.69. The van der Waals surface area contributed by atoms with Crippen molar-refractivity contribution in [2.75, 3.05) is 7.11 Å². The Labute approximate surface area is 105 Å². The maximum Gasteiger partial charge on any atom is 0.359 e. The fourth-order valence-corrected chi connectivity index (χ4v) is 2.04. The monoisotopic (exact) mass is 248 g/mol. The fourth-order valence-electron chi connectivity index (χ4n) is 2.04. The maximum absolute atomic E-state index is 11.4. The number of carbonyl (C=O) groups is 1. The summed E-state index contributed by atoms with van der Waals surface area (Å²) in [7, 11) is 1.28. The molecule has 18 heavy (non-hydrogen) atoms. The van der Waals surface area contributed by atoms with Gasteiger partial charge >= 0.3 is 5.97 Å². The molecule has 5 nitrogen and oxygen atoms in total. The molecule has 2 rings (SSSR count). The zero-order chi connectivity index (χ0) is 13.1. The second-order valence-electron chi connectivity index (χ2n) is 4.15. The Hall–Kier alpha value is -1.85. The van der Waals surface area contributed by atoms with Crippen LogP contribution in [0.25, 0.3) is 10.9 Å². The van der Waals surface area contributed by atoms with Crippen molar-refractivity contribution < 1.29 is 14.6 Å². The molecule has 0 amide bonds. The number of nitrogens with one attached hydrogen (secondary N) is 1. The number of aromatic nitrogens is 1. The average molecular weight is 248 g/mol. The van der Waals surface area contributed by atoms with Crippen molar-refractivity contribution in [1.82, 2.24) is 4.98 Å². The van der Waals surface area contributed by atoms with Crippen molar-refractivity contribution in [3.63, 3.8) is 0 Å². The van der Waals surface area contributed by atoms with E-state index in [1.807, 2.05) is 31.2 Å². The summed E-state index contributed by atoms with van der Waals surface area (Å²) in [6, 6.07) is 7.18. The number of para-hydroxylation sites is 1. The van der Waals surface area contributed by atoms with Crippen LogP contribution in [-0.4, -0.2) is 24.1 Å². The largest absolute Gasteiger partial charge is 0.359 e. The van der Waals surface area contributed by atoms with Gasteiger partial charge in [0, 0.05) is 23.0 Å². The van der Waals surface area contributed by atoms with Crippen LogP contribution >= 0.6 is 0 Å². The van der Waals surface area contributed by atoms with E-state index in [4.69, 9.17) is 5.73 Å². The lowest BCUT2D eigenvalue weighted by Crippen LogP contribution is -2.34. The number of hydrogen-bond donors (Lipinski definition) is 2. The first kappa shape index (κ1) is 12.6. The number of hydrogen-bond acceptors (Lipinski definition) is 4. The van der Waals surface area contributed by atoms with E-state index in [1.54, 1.807) is 0 Å². The van der Waals surface area contributed by atoms with Crippen LogP contribution < -0.4 is 5.73 Å². The summed E-state index contributed by atoms with van der Waals surface area (Å²) in [6.45, 7) is 1.96. The molecule has 5 heteroatoms. The second-order valence-corrected chi connectivity index (χ2v) is 4.15. The number of aryl methyl sites for hydroxylation is 1. The summed E-state index contributed by atoms with van der Waals surface area (Å²) >= 11 is 0. The van der Waals surface area contributed by atoms with Crippen LogP contribution in [0, 0.1) is 6.92 Å². The third kappa shape index (κ3) is 2.37. The van der Waals surface area contributed by atoms with E-state index in [0.29, 0.717) is 6.42 Å². The number of nitrogens with two attached hydrogens (primary N) is 1. The summed E-state index contributed by atoms with van der Waals surface area (Å²) in [4.78, 5) is 23.5. The quantitative estimate of drug-likeness (QED) is 0.634. The highest BCUT2D eigenvalue weighted by molar-refractivity contribution is 5.85. The fraction of sp³-hybridized carbons (Fsp3) is 0.308. The Kier molecular flexibility index (Phi) is 3.64. The van der Waals surface area contributed by atoms with Crippen molar-refractivity contribution in [3.05, 3.63) is 35.5 Å². The number of rotatable bonds is 4. The molecule has 1 atom stereocenters. The predicted molar refractivity (Wildman–Crippen MR) is 67.8 cm³/mol. The Balaban J connectivity index is 2.26. The lowest BCUT2D eigenvalue weighted by atomic mass is 10.0. The van der Waals surface area contributed by atoms with Crippen LogP contribution in [0.3, 0.4) is 0 Å². The van der Waals surface area contributed by atoms with Crippen LogP contribution in [0.1, 0.15) is 11.3 Å². The van der Waals surface area contributed by atoms with Gasteiger partial charge in [0.05, 0.1) is 7.11 Å². The van der Waals surface area contributed by atoms with Crippen LogP contribution in [-0.2, 0) is 21.0 Å². The summed E-state index contributed by atoms with van der Waals surface area (Å²) < 4.78 is 0. The van der Waals surface area contributed by atoms with Gasteiger partial charge < -0.3 is 10.7 Å². The van der Waals surface area contributed by atoms with Crippen LogP contribution in [0.15, 0.2) is 24.3 Å². The second kappa shape index (κ2) is 5.20. The van der Waals surface area contributed by atoms with E-state index in [-0.39, 0.29) is 0 Å². The van der Waals surface area contributed by atoms with Crippen molar-refractivity contribution in [3.8, 4) is 0 Å². The lowest BCUT2D eigenvalue weighted by Gasteiger charge is -2.09. The highest BCUT2D eigenvalue weighted by Gasteiger charge is 2.19. The smallest absolute Gasteiger partial charge is 0.358 e. The molecule has 2 aromatic rings. The average Bonchev–Trinajstić information content (AvgIpc) is 2.66. The maximum atomic E-state index is 11.4. The molecule has 1 heterocycles. The van der Waals surface area contributed by atoms with Gasteiger partial charge in [0.1, 0.15) is 6.04 Å². The topological polar surface area (TPSA) is 77.3 Å². The van der Waals surface area contributed by atoms with E-state index in [2.05, 4.69) is 14.8 Å². The molecule has 0 saturated heterocycles. The normalized spacial score (nSPS) is 12.6. The number of carbonyl (C=O) groups excluding carboxylic acids is 1. The Bertz CT molecular complexity index is 562. The molecule has 0 aliphatic heterocycles. The molecule has 0 bridgehead atoms. The van der Waals surface area contributed by atoms with E-state index in [0.717, 1.165) is 22.2 Å². The number of aromatic amines is 1. The number of H-pyrrole nitrogens is 1. The van der Waals surface area contributed by atoms with E-state index in [9.17, 15) is 4.79 Å². The van der Waals surface area contributed by atoms with Gasteiger partial charge in [-0.25, -0.2) is 4.79 Å². The van der Waals surface area contributed by atoms with Gasteiger partial charge in [-0.05, 0) is 18.6 Å². The molecule has 0 unspecified atom stereocenters. The van der Waals surface area contributed by atoms with Crippen LogP contribution in [0.5, 0.6) is 0 Å². The molecular weight excluding hydrogens is 232 g/mol. The van der Waals surface area contributed by atoms with Crippen LogP contribution in [0.4, 0.5) is 0 Å². The Morgan fingerprint density at radius 1 is 1.44 bits per heavy atom. The molecule has 0 aliphatic carbocycles. The Morgan fingerprint density at radius 2 is 2.17 bits per heavy atom. The third-order valence-corrected chi connectivity index (χ3v) is 2.92. The summed E-state index contributed by atoms with van der Waals surface area (Å²) in [6.07, 6.45) is 0.415. The molecule has 1 aromatic heterocycles. The molecule has 0 spiro atoms. The third-order valence-electron chi connectivity index (χ3n) is 2.92. The molecule has 3 N–H and O–H groups in total. The van der Waals surface area contributed by atoms with Gasteiger partial charge in [0.15, 0.2) is 0 Å². The molecule has 96 valence electrons. The minimum absolute atomic E-state index is 0.415. The zero-order valence-electron chi connectivity index (χ0n) is 10.4. The van der Waals surface area contributed by atoms with Gasteiger partial charge in [-0.15, -0.1) is 0 Å². The molecular formula is C13H16N2O3. The van der Waals surface area contributed by atoms with Gasteiger partial charge in [-0.2, -0.15) is 4.89 Å². The van der Waals surface area contributed by atoms with E-state index >= 15 is 0 Å². The summed E-state index contributed by atoms with van der Waals surface area (Å²) in [5.74, 6) is -0.567. The number of benzene rings is 1. The van der Waals surface area contributed by atoms with Gasteiger partial charge in [-0.1, -0.05) is 18.2 Å². The zero-order valence-corrected chi connectivity index (χ0v) is 10.4. The summed E-state index contributed by atoms with van der Waals surface area (Å²) in [5, 5.41) is 1.08. The van der Waals surface area contributed by atoms with Crippen molar-refractivity contribution in [1.29, 1.82) is 0 Å². The molecule has 0 saturated carbocycles. The highest BCUT2D eigenvalue weighted by atomic mass is 17.2. The van der Waals surface area contributed by atoms with Gasteiger partial charge in [0.2, 0.25) is 0 Å². The molecule has 0 radical (unpaired) electrons.